The van der Waals surface area contributed by atoms with Crippen molar-refractivity contribution in [3.63, 3.8) is 0 Å². The fourth-order valence-corrected chi connectivity index (χ4v) is 3.44. The highest BCUT2D eigenvalue weighted by molar-refractivity contribution is 5.77. The summed E-state index contributed by atoms with van der Waals surface area (Å²) >= 11 is 0. The molecule has 0 bridgehead atoms. The second-order valence-corrected chi connectivity index (χ2v) is 7.67. The Morgan fingerprint density at radius 1 is 0.889 bits per heavy atom. The zero-order valence-corrected chi connectivity index (χ0v) is 20.5. The number of carbonyl (C=O) groups excluding carboxylic acids is 1. The number of aryl methyl sites for hydroxylation is 1. The lowest BCUT2D eigenvalue weighted by molar-refractivity contribution is -0.123. The maximum Gasteiger partial charge on any atom is 0.258 e. The third kappa shape index (κ3) is 5.57. The maximum absolute atomic E-state index is 12.2. The van der Waals surface area contributed by atoms with Gasteiger partial charge in [-0.15, -0.1) is 15.3 Å². The lowest BCUT2D eigenvalue weighted by atomic mass is 10.2. The summed E-state index contributed by atoms with van der Waals surface area (Å²) in [6.07, 6.45) is 0. The number of benzene rings is 2. The number of nitrogens with one attached hydrogen (secondary N) is 1. The molecule has 0 saturated heterocycles. The number of methoxy groups -OCH3 is 3. The molecule has 2 heterocycles. The molecule has 0 aliphatic heterocycles. The van der Waals surface area contributed by atoms with Crippen molar-refractivity contribution >= 4 is 11.6 Å². The second kappa shape index (κ2) is 11.3. The molecule has 0 spiro atoms. The van der Waals surface area contributed by atoms with E-state index in [0.29, 0.717) is 45.9 Å². The second-order valence-electron chi connectivity index (χ2n) is 7.67. The molecule has 4 rings (SSSR count). The number of amides is 1. The van der Waals surface area contributed by atoms with E-state index in [0.717, 1.165) is 5.56 Å². The predicted octanol–water partition coefficient (Wildman–Crippen LogP) is 2.70. The van der Waals surface area contributed by atoms with E-state index in [2.05, 4.69) is 20.6 Å². The van der Waals surface area contributed by atoms with Crippen LogP contribution in [-0.2, 0) is 4.79 Å². The van der Waals surface area contributed by atoms with Crippen LogP contribution < -0.4 is 29.0 Å². The van der Waals surface area contributed by atoms with Crippen molar-refractivity contribution < 1.29 is 28.5 Å². The molecule has 188 valence electrons. The molecule has 4 aromatic rings. The fraction of sp³-hybridized carbons (Fsp3) is 0.280. The molecule has 2 aromatic heterocycles. The number of carbonyl (C=O) groups is 1. The first kappa shape index (κ1) is 24.6. The molecule has 0 aliphatic rings. The minimum Gasteiger partial charge on any atom is -0.497 e. The Morgan fingerprint density at radius 3 is 2.47 bits per heavy atom. The van der Waals surface area contributed by atoms with Gasteiger partial charge in [-0.1, -0.05) is 6.07 Å². The van der Waals surface area contributed by atoms with Gasteiger partial charge in [-0.2, -0.15) is 4.52 Å². The summed E-state index contributed by atoms with van der Waals surface area (Å²) in [5.74, 6) is 2.87. The highest BCUT2D eigenvalue weighted by Crippen LogP contribution is 2.32. The minimum absolute atomic E-state index is 0.143. The molecule has 0 fully saturated rings. The summed E-state index contributed by atoms with van der Waals surface area (Å²) in [6, 6.07) is 14.3. The third-order valence-corrected chi connectivity index (χ3v) is 5.24. The van der Waals surface area contributed by atoms with Crippen LogP contribution in [0.25, 0.3) is 17.0 Å². The van der Waals surface area contributed by atoms with Crippen molar-refractivity contribution in [1.82, 2.24) is 25.1 Å². The van der Waals surface area contributed by atoms with Gasteiger partial charge in [0.1, 0.15) is 18.1 Å². The van der Waals surface area contributed by atoms with Crippen molar-refractivity contribution in [3.8, 4) is 40.3 Å². The molecule has 2 aromatic carbocycles. The molecule has 0 aliphatic carbocycles. The minimum atomic E-state index is -0.282. The van der Waals surface area contributed by atoms with E-state index >= 15 is 0 Å². The highest BCUT2D eigenvalue weighted by Gasteiger charge is 2.16. The normalized spacial score (nSPS) is 10.7. The monoisotopic (exact) mass is 493 g/mol. The molecule has 1 N–H and O–H groups in total. The zero-order valence-electron chi connectivity index (χ0n) is 20.5. The van der Waals surface area contributed by atoms with Gasteiger partial charge >= 0.3 is 0 Å². The van der Waals surface area contributed by atoms with Crippen LogP contribution in [-0.4, -0.2) is 66.8 Å². The predicted molar refractivity (Wildman–Crippen MR) is 131 cm³/mol. The highest BCUT2D eigenvalue weighted by atomic mass is 16.5. The summed E-state index contributed by atoms with van der Waals surface area (Å²) < 4.78 is 28.9. The van der Waals surface area contributed by atoms with Gasteiger partial charge in [0.05, 0.1) is 33.4 Å². The molecule has 0 atom stereocenters. The average molecular weight is 494 g/mol. The number of hydrogen-bond donors (Lipinski definition) is 1. The SMILES string of the molecule is COc1ccc(OC)c(-c2nnc3ccc(OCCNC(=O)COc4ccc(C)cc4OC)nn23)c1. The summed E-state index contributed by atoms with van der Waals surface area (Å²) in [6.45, 7) is 2.28. The molecule has 0 radical (unpaired) electrons. The first-order valence-electron chi connectivity index (χ1n) is 11.1. The standard InChI is InChI=1S/C25H27N5O6/c1-16-5-7-20(21(13-16)34-4)36-15-23(31)26-11-12-35-24-10-9-22-27-28-25(30(22)29-24)18-14-17(32-2)6-8-19(18)33-3/h5-10,13-14H,11-12,15H2,1-4H3,(H,26,31). The number of ether oxygens (including phenoxy) is 5. The van der Waals surface area contributed by atoms with Crippen molar-refractivity contribution in [3.05, 3.63) is 54.1 Å². The molecule has 0 unspecified atom stereocenters. The molecule has 0 saturated carbocycles. The van der Waals surface area contributed by atoms with E-state index in [1.54, 1.807) is 62.2 Å². The molecule has 11 nitrogen and oxygen atoms in total. The van der Waals surface area contributed by atoms with Gasteiger partial charge in [-0.05, 0) is 48.9 Å². The molecular weight excluding hydrogens is 466 g/mol. The van der Waals surface area contributed by atoms with Crippen molar-refractivity contribution in [2.45, 2.75) is 6.92 Å². The number of hydrogen-bond acceptors (Lipinski definition) is 9. The number of rotatable bonds is 11. The van der Waals surface area contributed by atoms with Gasteiger partial charge < -0.3 is 29.0 Å². The molecular formula is C25H27N5O6. The van der Waals surface area contributed by atoms with Gasteiger partial charge in [0, 0.05) is 6.07 Å². The Labute approximate surface area is 207 Å². The Kier molecular flexibility index (Phi) is 7.69. The maximum atomic E-state index is 12.2. The van der Waals surface area contributed by atoms with E-state index in [1.807, 2.05) is 19.1 Å². The first-order chi connectivity index (χ1) is 17.5. The van der Waals surface area contributed by atoms with Gasteiger partial charge in [0.25, 0.3) is 5.91 Å². The quantitative estimate of drug-likeness (QED) is 0.315. The Balaban J connectivity index is 1.35. The van der Waals surface area contributed by atoms with E-state index < -0.39 is 0 Å². The largest absolute Gasteiger partial charge is 0.497 e. The number of aromatic nitrogens is 4. The van der Waals surface area contributed by atoms with Crippen molar-refractivity contribution in [2.24, 2.45) is 0 Å². The van der Waals surface area contributed by atoms with Crippen LogP contribution in [0.5, 0.6) is 28.9 Å². The van der Waals surface area contributed by atoms with Crippen LogP contribution in [0.2, 0.25) is 0 Å². The number of fused-ring (bicyclic) bond motifs is 1. The first-order valence-corrected chi connectivity index (χ1v) is 11.1. The van der Waals surface area contributed by atoms with Crippen LogP contribution in [0, 0.1) is 6.92 Å². The summed E-state index contributed by atoms with van der Waals surface area (Å²) in [7, 11) is 4.72. The summed E-state index contributed by atoms with van der Waals surface area (Å²) in [5.41, 5.74) is 2.25. The lowest BCUT2D eigenvalue weighted by Gasteiger charge is -2.12. The van der Waals surface area contributed by atoms with Crippen LogP contribution >= 0.6 is 0 Å². The van der Waals surface area contributed by atoms with Crippen LogP contribution in [0.4, 0.5) is 0 Å². The average Bonchev–Trinajstić information content (AvgIpc) is 3.33. The summed E-state index contributed by atoms with van der Waals surface area (Å²) in [4.78, 5) is 12.2. The smallest absolute Gasteiger partial charge is 0.258 e. The van der Waals surface area contributed by atoms with Crippen LogP contribution in [0.3, 0.4) is 0 Å². The van der Waals surface area contributed by atoms with Gasteiger partial charge in [-0.25, -0.2) is 0 Å². The Hall–Kier alpha value is -4.54. The fourth-order valence-electron chi connectivity index (χ4n) is 3.44. The van der Waals surface area contributed by atoms with Gasteiger partial charge in [0.2, 0.25) is 5.88 Å². The van der Waals surface area contributed by atoms with E-state index in [4.69, 9.17) is 23.7 Å². The topological polar surface area (TPSA) is 118 Å². The molecule has 1 amide bonds. The lowest BCUT2D eigenvalue weighted by Crippen LogP contribution is -2.32. The van der Waals surface area contributed by atoms with E-state index in [1.165, 1.54) is 0 Å². The Morgan fingerprint density at radius 2 is 1.69 bits per heavy atom. The summed E-state index contributed by atoms with van der Waals surface area (Å²) in [5, 5.41) is 15.7. The van der Waals surface area contributed by atoms with Crippen molar-refractivity contribution in [2.75, 3.05) is 41.1 Å². The van der Waals surface area contributed by atoms with Gasteiger partial charge in [0.15, 0.2) is 29.6 Å². The van der Waals surface area contributed by atoms with Crippen molar-refractivity contribution in [1.29, 1.82) is 0 Å². The molecule has 36 heavy (non-hydrogen) atoms. The molecule has 11 heteroatoms. The van der Waals surface area contributed by atoms with E-state index in [-0.39, 0.29) is 25.7 Å². The number of nitrogens with zero attached hydrogens (tertiary/aromatic N) is 4. The Bertz CT molecular complexity index is 1360. The van der Waals surface area contributed by atoms with Crippen LogP contribution in [0.1, 0.15) is 5.56 Å². The van der Waals surface area contributed by atoms with E-state index in [9.17, 15) is 4.79 Å². The zero-order chi connectivity index (χ0) is 25.5. The third-order valence-electron chi connectivity index (χ3n) is 5.24. The van der Waals surface area contributed by atoms with Gasteiger partial charge in [-0.3, -0.25) is 4.79 Å². The van der Waals surface area contributed by atoms with Crippen LogP contribution in [0.15, 0.2) is 48.5 Å².